The fraction of sp³-hybridized carbons (Fsp3) is 0.786. The molecule has 0 bridgehead atoms. The monoisotopic (exact) mass is 264 g/mol. The van der Waals surface area contributed by atoms with Gasteiger partial charge in [-0.3, -0.25) is 4.79 Å². The first-order valence-electron chi connectivity index (χ1n) is 7.25. The molecular formula is C14H20N2O3. The van der Waals surface area contributed by atoms with Gasteiger partial charge in [-0.1, -0.05) is 30.8 Å². The van der Waals surface area contributed by atoms with E-state index in [0.29, 0.717) is 18.2 Å². The molecule has 0 amide bonds. The van der Waals surface area contributed by atoms with Gasteiger partial charge in [0, 0.05) is 12.3 Å². The van der Waals surface area contributed by atoms with Crippen molar-refractivity contribution in [1.82, 2.24) is 10.1 Å². The third-order valence-corrected chi connectivity index (χ3v) is 4.71. The van der Waals surface area contributed by atoms with Crippen molar-refractivity contribution in [3.63, 3.8) is 0 Å². The van der Waals surface area contributed by atoms with Crippen LogP contribution < -0.4 is 0 Å². The van der Waals surface area contributed by atoms with E-state index in [9.17, 15) is 9.90 Å². The number of hydrogen-bond acceptors (Lipinski definition) is 4. The largest absolute Gasteiger partial charge is 0.481 e. The van der Waals surface area contributed by atoms with E-state index in [1.807, 2.05) is 0 Å². The fourth-order valence-corrected chi connectivity index (χ4v) is 3.16. The molecule has 3 rings (SSSR count). The summed E-state index contributed by atoms with van der Waals surface area (Å²) in [5.41, 5.74) is -0.679. The molecule has 19 heavy (non-hydrogen) atoms. The first kappa shape index (κ1) is 12.6. The quantitative estimate of drug-likeness (QED) is 0.904. The molecule has 2 aliphatic carbocycles. The number of aliphatic carboxylic acids is 1. The normalized spacial score (nSPS) is 22.9. The van der Waals surface area contributed by atoms with Gasteiger partial charge in [-0.25, -0.2) is 0 Å². The maximum atomic E-state index is 11.6. The first-order valence-corrected chi connectivity index (χ1v) is 7.25. The van der Waals surface area contributed by atoms with Crippen molar-refractivity contribution in [2.75, 3.05) is 0 Å². The number of hydrogen-bond donors (Lipinski definition) is 1. The Labute approximate surface area is 112 Å². The van der Waals surface area contributed by atoms with E-state index in [0.717, 1.165) is 50.8 Å². The van der Waals surface area contributed by atoms with Crippen molar-refractivity contribution >= 4 is 5.97 Å². The molecule has 0 aliphatic heterocycles. The van der Waals surface area contributed by atoms with E-state index >= 15 is 0 Å². The van der Waals surface area contributed by atoms with Gasteiger partial charge in [-0.15, -0.1) is 0 Å². The molecule has 5 heteroatoms. The number of carboxylic acid groups (broad SMARTS) is 1. The standard InChI is InChI=1S/C14H20N2O3/c17-13(18)14(7-2-1-3-8-14)9-11-15-12(16-19-11)10-5-4-6-10/h10H,1-9H2,(H,17,18). The highest BCUT2D eigenvalue weighted by atomic mass is 16.5. The van der Waals surface area contributed by atoms with Gasteiger partial charge in [0.2, 0.25) is 5.89 Å². The third kappa shape index (κ3) is 2.38. The minimum absolute atomic E-state index is 0.391. The van der Waals surface area contributed by atoms with Crippen LogP contribution in [0.4, 0.5) is 0 Å². The van der Waals surface area contributed by atoms with E-state index in [1.54, 1.807) is 0 Å². The second kappa shape index (κ2) is 4.94. The zero-order valence-electron chi connectivity index (χ0n) is 11.1. The molecule has 104 valence electrons. The van der Waals surface area contributed by atoms with Crippen molar-refractivity contribution in [2.24, 2.45) is 5.41 Å². The van der Waals surface area contributed by atoms with Crippen LogP contribution in [0.2, 0.25) is 0 Å². The summed E-state index contributed by atoms with van der Waals surface area (Å²) in [4.78, 5) is 16.0. The minimum Gasteiger partial charge on any atom is -0.481 e. The van der Waals surface area contributed by atoms with Crippen LogP contribution in [0.25, 0.3) is 0 Å². The lowest BCUT2D eigenvalue weighted by Crippen LogP contribution is -2.35. The second-order valence-electron chi connectivity index (χ2n) is 6.00. The molecule has 0 atom stereocenters. The van der Waals surface area contributed by atoms with Crippen LogP contribution in [0.1, 0.15) is 69.0 Å². The molecule has 0 radical (unpaired) electrons. The average Bonchev–Trinajstić information content (AvgIpc) is 2.76. The second-order valence-corrected chi connectivity index (χ2v) is 6.00. The molecule has 0 unspecified atom stereocenters. The van der Waals surface area contributed by atoms with Crippen LogP contribution >= 0.6 is 0 Å². The van der Waals surface area contributed by atoms with Crippen molar-refractivity contribution in [2.45, 2.75) is 63.7 Å². The molecule has 2 aliphatic rings. The number of carbonyl (C=O) groups is 1. The van der Waals surface area contributed by atoms with Gasteiger partial charge < -0.3 is 9.63 Å². The number of rotatable bonds is 4. The summed E-state index contributed by atoms with van der Waals surface area (Å²) in [5.74, 6) is 1.00. The highest BCUT2D eigenvalue weighted by Crippen LogP contribution is 2.40. The van der Waals surface area contributed by atoms with Crippen LogP contribution in [0.3, 0.4) is 0 Å². The Balaban J connectivity index is 1.74. The molecule has 5 nitrogen and oxygen atoms in total. The van der Waals surface area contributed by atoms with Gasteiger partial charge in [-0.2, -0.15) is 4.98 Å². The lowest BCUT2D eigenvalue weighted by atomic mass is 9.72. The Bertz CT molecular complexity index is 459. The zero-order chi connectivity index (χ0) is 13.3. The van der Waals surface area contributed by atoms with Crippen molar-refractivity contribution in [3.05, 3.63) is 11.7 Å². The average molecular weight is 264 g/mol. The van der Waals surface area contributed by atoms with Crippen molar-refractivity contribution in [3.8, 4) is 0 Å². The van der Waals surface area contributed by atoms with Crippen molar-refractivity contribution in [1.29, 1.82) is 0 Å². The molecule has 2 fully saturated rings. The number of nitrogens with zero attached hydrogens (tertiary/aromatic N) is 2. The summed E-state index contributed by atoms with van der Waals surface area (Å²) in [6, 6.07) is 0. The maximum absolute atomic E-state index is 11.6. The van der Waals surface area contributed by atoms with Crippen LogP contribution in [0, 0.1) is 5.41 Å². The molecule has 2 saturated carbocycles. The Morgan fingerprint density at radius 2 is 2.00 bits per heavy atom. The summed E-state index contributed by atoms with van der Waals surface area (Å²) >= 11 is 0. The highest BCUT2D eigenvalue weighted by Gasteiger charge is 2.41. The van der Waals surface area contributed by atoms with Gasteiger partial charge in [0.15, 0.2) is 5.82 Å². The van der Waals surface area contributed by atoms with E-state index < -0.39 is 11.4 Å². The molecule has 0 saturated heterocycles. The van der Waals surface area contributed by atoms with E-state index in [-0.39, 0.29) is 0 Å². The van der Waals surface area contributed by atoms with Crippen molar-refractivity contribution < 1.29 is 14.4 Å². The lowest BCUT2D eigenvalue weighted by molar-refractivity contribution is -0.151. The predicted octanol–water partition coefficient (Wildman–Crippen LogP) is 2.91. The summed E-state index contributed by atoms with van der Waals surface area (Å²) in [6.45, 7) is 0. The SMILES string of the molecule is O=C(O)C1(Cc2nc(C3CCC3)no2)CCCCC1. The van der Waals surface area contributed by atoms with Crippen LogP contribution in [0.15, 0.2) is 4.52 Å². The van der Waals surface area contributed by atoms with E-state index in [4.69, 9.17) is 4.52 Å². The summed E-state index contributed by atoms with van der Waals surface area (Å²) in [5, 5.41) is 13.5. The van der Waals surface area contributed by atoms with Crippen LogP contribution in [0.5, 0.6) is 0 Å². The summed E-state index contributed by atoms with van der Waals surface area (Å²) < 4.78 is 5.28. The Kier molecular flexibility index (Phi) is 3.29. The smallest absolute Gasteiger partial charge is 0.310 e. The number of carboxylic acids is 1. The fourth-order valence-electron chi connectivity index (χ4n) is 3.16. The van der Waals surface area contributed by atoms with Crippen LogP contribution in [-0.4, -0.2) is 21.2 Å². The van der Waals surface area contributed by atoms with Gasteiger partial charge in [-0.05, 0) is 25.7 Å². The van der Waals surface area contributed by atoms with Gasteiger partial charge in [0.25, 0.3) is 0 Å². The zero-order valence-corrected chi connectivity index (χ0v) is 11.1. The van der Waals surface area contributed by atoms with Gasteiger partial charge >= 0.3 is 5.97 Å². The lowest BCUT2D eigenvalue weighted by Gasteiger charge is -2.31. The van der Waals surface area contributed by atoms with Gasteiger partial charge in [0.1, 0.15) is 0 Å². The minimum atomic E-state index is -0.712. The molecule has 0 spiro atoms. The molecule has 1 aromatic heterocycles. The topological polar surface area (TPSA) is 76.2 Å². The third-order valence-electron chi connectivity index (χ3n) is 4.71. The molecule has 1 N–H and O–H groups in total. The molecule has 0 aromatic carbocycles. The summed E-state index contributed by atoms with van der Waals surface area (Å²) in [7, 11) is 0. The first-order chi connectivity index (χ1) is 9.20. The Morgan fingerprint density at radius 3 is 2.58 bits per heavy atom. The summed E-state index contributed by atoms with van der Waals surface area (Å²) in [6.07, 6.45) is 8.42. The highest BCUT2D eigenvalue weighted by molar-refractivity contribution is 5.75. The maximum Gasteiger partial charge on any atom is 0.310 e. The van der Waals surface area contributed by atoms with E-state index in [2.05, 4.69) is 10.1 Å². The number of aromatic nitrogens is 2. The molecule has 1 heterocycles. The molecular weight excluding hydrogens is 244 g/mol. The predicted molar refractivity (Wildman–Crippen MR) is 67.7 cm³/mol. The Morgan fingerprint density at radius 1 is 1.26 bits per heavy atom. The Hall–Kier alpha value is -1.39. The van der Waals surface area contributed by atoms with Gasteiger partial charge in [0.05, 0.1) is 5.41 Å². The van der Waals surface area contributed by atoms with Crippen LogP contribution in [-0.2, 0) is 11.2 Å². The molecule has 1 aromatic rings. The van der Waals surface area contributed by atoms with E-state index in [1.165, 1.54) is 6.42 Å².